The van der Waals surface area contributed by atoms with Crippen LogP contribution in [-0.2, 0) is 28.8 Å². The zero-order valence-corrected chi connectivity index (χ0v) is 20.0. The Bertz CT molecular complexity index is 1260. The lowest BCUT2D eigenvalue weighted by atomic mass is 10.1. The number of amides is 4. The van der Waals surface area contributed by atoms with Crippen LogP contribution >= 0.6 is 0 Å². The van der Waals surface area contributed by atoms with Crippen molar-refractivity contribution < 1.29 is 38.7 Å². The van der Waals surface area contributed by atoms with Gasteiger partial charge in [-0.15, -0.1) is 0 Å². The molecule has 2 atom stereocenters. The number of para-hydroxylation sites is 2. The molecule has 0 radical (unpaired) electrons. The fraction of sp³-hybridized carbons (Fsp3) is 0.240. The molecule has 0 aliphatic carbocycles. The van der Waals surface area contributed by atoms with E-state index in [0.29, 0.717) is 5.01 Å². The first-order chi connectivity index (χ1) is 17.6. The Hall–Kier alpha value is -4.87. The topological polar surface area (TPSA) is 161 Å². The molecule has 2 aromatic rings. The second kappa shape index (κ2) is 11.2. The third-order valence-electron chi connectivity index (χ3n) is 5.55. The van der Waals surface area contributed by atoms with Crippen molar-refractivity contribution in [1.82, 2.24) is 10.3 Å². The van der Waals surface area contributed by atoms with Crippen LogP contribution in [0.15, 0.2) is 54.6 Å². The van der Waals surface area contributed by atoms with Crippen molar-refractivity contribution in [3.63, 3.8) is 0 Å². The number of carboxylic acid groups (broad SMARTS) is 1. The Morgan fingerprint density at radius 2 is 1.62 bits per heavy atom. The van der Waals surface area contributed by atoms with Crippen LogP contribution in [0, 0.1) is 0 Å². The summed E-state index contributed by atoms with van der Waals surface area (Å²) in [5.41, 5.74) is 0.179. The number of ketones is 1. The van der Waals surface area contributed by atoms with E-state index in [9.17, 15) is 38.7 Å². The molecular weight excluding hydrogens is 484 g/mol. The van der Waals surface area contributed by atoms with Gasteiger partial charge in [0.25, 0.3) is 17.7 Å². The Balaban J connectivity index is 2.20. The highest BCUT2D eigenvalue weighted by atomic mass is 16.4. The summed E-state index contributed by atoms with van der Waals surface area (Å²) in [5, 5.41) is 13.3. The molecule has 0 aromatic heterocycles. The third kappa shape index (κ3) is 5.69. The Morgan fingerprint density at radius 1 is 1.03 bits per heavy atom. The SMILES string of the molecule is CC(=O)C(=O)N1C[C@H](NC(=O)c2ccccc2)C(=O)N(N(C(C)=O)[C@H](C=O)CC(=O)O)c2ccccc21. The quantitative estimate of drug-likeness (QED) is 0.386. The minimum absolute atomic E-state index is 0.0405. The normalized spacial score (nSPS) is 15.6. The molecule has 0 saturated heterocycles. The van der Waals surface area contributed by atoms with Crippen molar-refractivity contribution in [1.29, 1.82) is 0 Å². The van der Waals surface area contributed by atoms with Gasteiger partial charge in [0, 0.05) is 19.4 Å². The summed E-state index contributed by atoms with van der Waals surface area (Å²) in [6.45, 7) is 1.61. The lowest BCUT2D eigenvalue weighted by molar-refractivity contribution is -0.145. The lowest BCUT2D eigenvalue weighted by Crippen LogP contribution is -2.61. The number of hydrogen-bond donors (Lipinski definition) is 2. The number of fused-ring (bicyclic) bond motifs is 1. The average Bonchev–Trinajstić information content (AvgIpc) is 2.98. The zero-order valence-electron chi connectivity index (χ0n) is 20.0. The van der Waals surface area contributed by atoms with E-state index in [2.05, 4.69) is 5.32 Å². The summed E-state index contributed by atoms with van der Waals surface area (Å²) in [7, 11) is 0. The van der Waals surface area contributed by atoms with Gasteiger partial charge in [0.05, 0.1) is 24.3 Å². The fourth-order valence-electron chi connectivity index (χ4n) is 3.93. The number of nitrogens with one attached hydrogen (secondary N) is 1. The van der Waals surface area contributed by atoms with Crippen LogP contribution < -0.4 is 15.2 Å². The maximum absolute atomic E-state index is 13.9. The van der Waals surface area contributed by atoms with Crippen LogP contribution in [0.5, 0.6) is 0 Å². The van der Waals surface area contributed by atoms with Gasteiger partial charge < -0.3 is 20.1 Å². The van der Waals surface area contributed by atoms with Crippen LogP contribution in [0.2, 0.25) is 0 Å². The van der Waals surface area contributed by atoms with E-state index >= 15 is 0 Å². The molecule has 1 aliphatic rings. The Morgan fingerprint density at radius 3 is 2.16 bits per heavy atom. The van der Waals surface area contributed by atoms with Gasteiger partial charge in [0.1, 0.15) is 18.4 Å². The van der Waals surface area contributed by atoms with Crippen molar-refractivity contribution in [3.8, 4) is 0 Å². The highest BCUT2D eigenvalue weighted by Crippen LogP contribution is 2.35. The molecule has 0 bridgehead atoms. The highest BCUT2D eigenvalue weighted by Gasteiger charge is 2.43. The van der Waals surface area contributed by atoms with Crippen LogP contribution in [0.1, 0.15) is 30.6 Å². The zero-order chi connectivity index (χ0) is 27.3. The summed E-state index contributed by atoms with van der Waals surface area (Å²) >= 11 is 0. The summed E-state index contributed by atoms with van der Waals surface area (Å²) in [6, 6.07) is 10.6. The molecule has 1 heterocycles. The number of benzene rings is 2. The Labute approximate surface area is 211 Å². The van der Waals surface area contributed by atoms with E-state index in [4.69, 9.17) is 0 Å². The minimum atomic E-state index is -1.59. The van der Waals surface area contributed by atoms with Gasteiger partial charge in [-0.2, -0.15) is 0 Å². The van der Waals surface area contributed by atoms with Gasteiger partial charge in [-0.1, -0.05) is 30.3 Å². The average molecular weight is 508 g/mol. The summed E-state index contributed by atoms with van der Waals surface area (Å²) < 4.78 is 0. The maximum atomic E-state index is 13.9. The standard InChI is InChI=1S/C25H24N4O8/c1-15(31)24(36)27-13-19(26-23(35)17-8-4-3-5-9-17)25(37)29(21-11-7-6-10-20(21)27)28(16(2)32)18(14-30)12-22(33)34/h3-11,14,18-19H,12-13H2,1-2H3,(H,26,35)(H,33,34)/t18-,19-/m0/s1. The largest absolute Gasteiger partial charge is 0.481 e. The summed E-state index contributed by atoms with van der Waals surface area (Å²) in [5.74, 6) is -5.67. The number of hydrazine groups is 1. The number of anilines is 2. The lowest BCUT2D eigenvalue weighted by Gasteiger charge is -2.38. The van der Waals surface area contributed by atoms with Crippen molar-refractivity contribution in [3.05, 3.63) is 60.2 Å². The fourth-order valence-corrected chi connectivity index (χ4v) is 3.93. The molecule has 2 N–H and O–H groups in total. The molecule has 2 aromatic carbocycles. The predicted octanol–water partition coefficient (Wildman–Crippen LogP) is 0.560. The van der Waals surface area contributed by atoms with Gasteiger partial charge in [0.2, 0.25) is 11.7 Å². The number of rotatable bonds is 8. The number of carbonyl (C=O) groups excluding carboxylic acids is 6. The molecule has 12 nitrogen and oxygen atoms in total. The number of hydrogen-bond acceptors (Lipinski definition) is 7. The van der Waals surface area contributed by atoms with Crippen LogP contribution in [-0.4, -0.2) is 70.4 Å². The second-order valence-electron chi connectivity index (χ2n) is 8.17. The smallest absolute Gasteiger partial charge is 0.305 e. The van der Waals surface area contributed by atoms with E-state index < -0.39 is 60.4 Å². The first kappa shape index (κ1) is 26.7. The molecule has 3 rings (SSSR count). The second-order valence-corrected chi connectivity index (χ2v) is 8.17. The number of nitrogens with zero attached hydrogens (tertiary/aromatic N) is 3. The molecule has 12 heteroatoms. The van der Waals surface area contributed by atoms with Crippen LogP contribution in [0.4, 0.5) is 11.4 Å². The van der Waals surface area contributed by atoms with E-state index in [1.54, 1.807) is 18.2 Å². The minimum Gasteiger partial charge on any atom is -0.481 e. The Kier molecular flexibility index (Phi) is 8.12. The van der Waals surface area contributed by atoms with Gasteiger partial charge in [-0.05, 0) is 24.3 Å². The van der Waals surface area contributed by atoms with Crippen molar-refractivity contribution in [2.24, 2.45) is 0 Å². The van der Waals surface area contributed by atoms with Gasteiger partial charge in [0.15, 0.2) is 0 Å². The van der Waals surface area contributed by atoms with Crippen LogP contribution in [0.25, 0.3) is 0 Å². The molecule has 0 spiro atoms. The van der Waals surface area contributed by atoms with E-state index in [1.807, 2.05) is 0 Å². The van der Waals surface area contributed by atoms with Gasteiger partial charge in [-0.25, -0.2) is 10.0 Å². The molecule has 0 saturated carbocycles. The molecule has 0 fully saturated rings. The highest BCUT2D eigenvalue weighted by molar-refractivity contribution is 6.41. The first-order valence-corrected chi connectivity index (χ1v) is 11.1. The monoisotopic (exact) mass is 508 g/mol. The first-order valence-electron chi connectivity index (χ1n) is 11.1. The van der Waals surface area contributed by atoms with Gasteiger partial charge in [-0.3, -0.25) is 28.8 Å². The van der Waals surface area contributed by atoms with E-state index in [-0.39, 0.29) is 23.2 Å². The number of aldehydes is 1. The van der Waals surface area contributed by atoms with Crippen molar-refractivity contribution in [2.75, 3.05) is 16.5 Å². The van der Waals surface area contributed by atoms with Crippen molar-refractivity contribution in [2.45, 2.75) is 32.4 Å². The molecule has 192 valence electrons. The number of carboxylic acids is 1. The predicted molar refractivity (Wildman–Crippen MR) is 129 cm³/mol. The van der Waals surface area contributed by atoms with E-state index in [1.165, 1.54) is 36.4 Å². The molecule has 0 unspecified atom stereocenters. The molecule has 1 aliphatic heterocycles. The summed E-state index contributed by atoms with van der Waals surface area (Å²) in [6.07, 6.45) is -0.599. The summed E-state index contributed by atoms with van der Waals surface area (Å²) in [4.78, 5) is 88.8. The van der Waals surface area contributed by atoms with Crippen LogP contribution in [0.3, 0.4) is 0 Å². The molecule has 37 heavy (non-hydrogen) atoms. The number of Topliss-reactive ketones (excluding diaryl/α,β-unsaturated/α-hetero) is 1. The number of aliphatic carboxylic acids is 1. The maximum Gasteiger partial charge on any atom is 0.305 e. The van der Waals surface area contributed by atoms with Crippen molar-refractivity contribution >= 4 is 53.0 Å². The van der Waals surface area contributed by atoms with Gasteiger partial charge >= 0.3 is 5.97 Å². The molecule has 4 amide bonds. The molecular formula is C25H24N4O8. The van der Waals surface area contributed by atoms with E-state index in [0.717, 1.165) is 23.8 Å². The third-order valence-corrected chi connectivity index (χ3v) is 5.55. The number of carbonyl (C=O) groups is 7.